The molecule has 4 heteroatoms. The van der Waals surface area contributed by atoms with Gasteiger partial charge < -0.3 is 10.6 Å². The number of hydrogen-bond acceptors (Lipinski definition) is 2. The summed E-state index contributed by atoms with van der Waals surface area (Å²) < 4.78 is 0. The van der Waals surface area contributed by atoms with Crippen LogP contribution in [-0.2, 0) is 22.6 Å². The molecule has 0 atom stereocenters. The van der Waals surface area contributed by atoms with Crippen LogP contribution in [-0.4, -0.2) is 11.8 Å². The molecule has 0 aliphatic heterocycles. The van der Waals surface area contributed by atoms with E-state index in [1.165, 1.54) is 5.56 Å². The Morgan fingerprint density at radius 2 is 1.72 bits per heavy atom. The number of aryl methyl sites for hydroxylation is 1. The molecule has 4 nitrogen and oxygen atoms in total. The van der Waals surface area contributed by atoms with Crippen molar-refractivity contribution in [2.45, 2.75) is 38.6 Å². The van der Waals surface area contributed by atoms with Crippen molar-refractivity contribution in [3.05, 3.63) is 65.7 Å². The van der Waals surface area contributed by atoms with Gasteiger partial charge in [-0.05, 0) is 42.5 Å². The lowest BCUT2D eigenvalue weighted by Gasteiger charge is -2.24. The average molecular weight is 336 g/mol. The summed E-state index contributed by atoms with van der Waals surface area (Å²) in [6.07, 6.45) is 4.34. The maximum atomic E-state index is 12.0. The summed E-state index contributed by atoms with van der Waals surface area (Å²) in [5, 5.41) is 5.91. The van der Waals surface area contributed by atoms with Crippen molar-refractivity contribution in [2.24, 2.45) is 5.92 Å². The van der Waals surface area contributed by atoms with E-state index in [1.807, 2.05) is 54.6 Å². The summed E-state index contributed by atoms with van der Waals surface area (Å²) in [6, 6.07) is 17.7. The van der Waals surface area contributed by atoms with Crippen molar-refractivity contribution >= 4 is 17.5 Å². The number of rotatable bonds is 7. The quantitative estimate of drug-likeness (QED) is 0.810. The number of benzene rings is 2. The van der Waals surface area contributed by atoms with E-state index in [2.05, 4.69) is 10.6 Å². The van der Waals surface area contributed by atoms with Gasteiger partial charge in [0, 0.05) is 24.6 Å². The van der Waals surface area contributed by atoms with E-state index in [1.54, 1.807) is 0 Å². The van der Waals surface area contributed by atoms with Crippen molar-refractivity contribution in [3.63, 3.8) is 0 Å². The minimum Gasteiger partial charge on any atom is -0.352 e. The highest BCUT2D eigenvalue weighted by molar-refractivity contribution is 5.93. The van der Waals surface area contributed by atoms with Gasteiger partial charge in [0.25, 0.3) is 0 Å². The van der Waals surface area contributed by atoms with Gasteiger partial charge in [0.15, 0.2) is 0 Å². The monoisotopic (exact) mass is 336 g/mol. The van der Waals surface area contributed by atoms with Crippen molar-refractivity contribution in [1.82, 2.24) is 5.32 Å². The Bertz CT molecular complexity index is 724. The third-order valence-corrected chi connectivity index (χ3v) is 4.64. The number of carbonyl (C=O) groups excluding carboxylic acids is 2. The van der Waals surface area contributed by atoms with Crippen molar-refractivity contribution in [3.8, 4) is 0 Å². The fourth-order valence-electron chi connectivity index (χ4n) is 2.87. The largest absolute Gasteiger partial charge is 0.352 e. The maximum Gasteiger partial charge on any atom is 0.227 e. The fraction of sp³-hybridized carbons (Fsp3) is 0.333. The zero-order valence-electron chi connectivity index (χ0n) is 14.3. The lowest BCUT2D eigenvalue weighted by atomic mass is 9.85. The molecule has 0 unspecified atom stereocenters. The zero-order chi connectivity index (χ0) is 17.5. The second-order valence-electron chi connectivity index (χ2n) is 6.58. The second kappa shape index (κ2) is 8.47. The minimum atomic E-state index is 0.0350. The maximum absolute atomic E-state index is 12.0. The highest BCUT2D eigenvalue weighted by atomic mass is 16.2. The van der Waals surface area contributed by atoms with Crippen molar-refractivity contribution in [2.75, 3.05) is 5.32 Å². The van der Waals surface area contributed by atoms with E-state index >= 15 is 0 Å². The van der Waals surface area contributed by atoms with Crippen molar-refractivity contribution in [1.29, 1.82) is 0 Å². The molecular formula is C21H24N2O2. The van der Waals surface area contributed by atoms with Gasteiger partial charge >= 0.3 is 0 Å². The standard InChI is InChI=1S/C21H24N2O2/c24-20(13-12-16-6-2-1-3-7-16)22-15-17-8-4-11-19(14-17)23-21(25)18-9-5-10-18/h1-4,6-8,11,14,18H,5,9-10,12-13,15H2,(H,22,24)(H,23,25). The molecule has 25 heavy (non-hydrogen) atoms. The molecule has 130 valence electrons. The molecule has 2 aromatic rings. The SMILES string of the molecule is O=C(CCc1ccccc1)NCc1cccc(NC(=O)C2CCC2)c1. The normalized spacial score (nSPS) is 13.8. The van der Waals surface area contributed by atoms with E-state index < -0.39 is 0 Å². The molecule has 0 aromatic heterocycles. The van der Waals surface area contributed by atoms with E-state index in [-0.39, 0.29) is 17.7 Å². The first-order valence-electron chi connectivity index (χ1n) is 8.91. The first-order chi connectivity index (χ1) is 12.2. The lowest BCUT2D eigenvalue weighted by Crippen LogP contribution is -2.28. The third kappa shape index (κ3) is 5.18. The van der Waals surface area contributed by atoms with Gasteiger partial charge in [-0.1, -0.05) is 48.9 Å². The Kier molecular flexibility index (Phi) is 5.83. The van der Waals surface area contributed by atoms with Crippen LogP contribution in [0.15, 0.2) is 54.6 Å². The summed E-state index contributed by atoms with van der Waals surface area (Å²) in [5.41, 5.74) is 2.95. The van der Waals surface area contributed by atoms with Crippen LogP contribution >= 0.6 is 0 Å². The summed E-state index contributed by atoms with van der Waals surface area (Å²) in [5.74, 6) is 0.310. The Labute approximate surface area is 148 Å². The topological polar surface area (TPSA) is 58.2 Å². The predicted molar refractivity (Wildman–Crippen MR) is 99.0 cm³/mol. The van der Waals surface area contributed by atoms with Crippen LogP contribution < -0.4 is 10.6 Å². The summed E-state index contributed by atoms with van der Waals surface area (Å²) in [7, 11) is 0. The average Bonchev–Trinajstić information content (AvgIpc) is 2.58. The van der Waals surface area contributed by atoms with Gasteiger partial charge in [-0.15, -0.1) is 0 Å². The van der Waals surface area contributed by atoms with Crippen molar-refractivity contribution < 1.29 is 9.59 Å². The van der Waals surface area contributed by atoms with Crippen LogP contribution in [0.25, 0.3) is 0 Å². The summed E-state index contributed by atoms with van der Waals surface area (Å²) in [6.45, 7) is 0.473. The third-order valence-electron chi connectivity index (χ3n) is 4.64. The lowest BCUT2D eigenvalue weighted by molar-refractivity contribution is -0.122. The van der Waals surface area contributed by atoms with Gasteiger partial charge in [0.2, 0.25) is 11.8 Å². The van der Waals surface area contributed by atoms with Crippen LogP contribution in [0.5, 0.6) is 0 Å². The molecule has 2 N–H and O–H groups in total. The van der Waals surface area contributed by atoms with Gasteiger partial charge in [0.05, 0.1) is 0 Å². The van der Waals surface area contributed by atoms with E-state index in [9.17, 15) is 9.59 Å². The molecule has 3 rings (SSSR count). The highest BCUT2D eigenvalue weighted by Crippen LogP contribution is 2.27. The molecule has 0 radical (unpaired) electrons. The molecule has 0 spiro atoms. The zero-order valence-corrected chi connectivity index (χ0v) is 14.3. The Balaban J connectivity index is 1.45. The number of anilines is 1. The Hall–Kier alpha value is -2.62. The second-order valence-corrected chi connectivity index (χ2v) is 6.58. The minimum absolute atomic E-state index is 0.0350. The molecule has 1 aliphatic rings. The highest BCUT2D eigenvalue weighted by Gasteiger charge is 2.25. The molecule has 0 heterocycles. The first-order valence-corrected chi connectivity index (χ1v) is 8.91. The smallest absolute Gasteiger partial charge is 0.227 e. The number of hydrogen-bond donors (Lipinski definition) is 2. The predicted octanol–water partition coefficient (Wildman–Crippen LogP) is 3.67. The van der Waals surface area contributed by atoms with Gasteiger partial charge in [-0.25, -0.2) is 0 Å². The Morgan fingerprint density at radius 1 is 0.960 bits per heavy atom. The molecule has 0 bridgehead atoms. The van der Waals surface area contributed by atoms with Gasteiger partial charge in [0.1, 0.15) is 0 Å². The van der Waals surface area contributed by atoms with Crippen LogP contribution in [0.4, 0.5) is 5.69 Å². The van der Waals surface area contributed by atoms with Gasteiger partial charge in [-0.3, -0.25) is 9.59 Å². The van der Waals surface area contributed by atoms with E-state index in [4.69, 9.17) is 0 Å². The van der Waals surface area contributed by atoms with Gasteiger partial charge in [-0.2, -0.15) is 0 Å². The molecular weight excluding hydrogens is 312 g/mol. The molecule has 2 amide bonds. The molecule has 2 aromatic carbocycles. The van der Waals surface area contributed by atoms with Crippen LogP contribution in [0.3, 0.4) is 0 Å². The fourth-order valence-corrected chi connectivity index (χ4v) is 2.87. The number of carbonyl (C=O) groups is 2. The van der Waals surface area contributed by atoms with E-state index in [0.717, 1.165) is 36.9 Å². The summed E-state index contributed by atoms with van der Waals surface area (Å²) in [4.78, 5) is 24.0. The molecule has 0 saturated heterocycles. The molecule has 1 fully saturated rings. The molecule has 1 saturated carbocycles. The van der Waals surface area contributed by atoms with E-state index in [0.29, 0.717) is 13.0 Å². The van der Waals surface area contributed by atoms with Crippen LogP contribution in [0.1, 0.15) is 36.8 Å². The summed E-state index contributed by atoms with van der Waals surface area (Å²) >= 11 is 0. The van der Waals surface area contributed by atoms with Crippen LogP contribution in [0.2, 0.25) is 0 Å². The number of amides is 2. The first kappa shape index (κ1) is 17.2. The Morgan fingerprint density at radius 3 is 2.44 bits per heavy atom. The van der Waals surface area contributed by atoms with Crippen LogP contribution in [0, 0.1) is 5.92 Å². The number of nitrogens with one attached hydrogen (secondary N) is 2. The molecule has 1 aliphatic carbocycles.